The van der Waals surface area contributed by atoms with Crippen molar-refractivity contribution in [2.75, 3.05) is 13.2 Å². The maximum absolute atomic E-state index is 8.12. The van der Waals surface area contributed by atoms with E-state index >= 15 is 0 Å². The summed E-state index contributed by atoms with van der Waals surface area (Å²) in [6.07, 6.45) is 0. The van der Waals surface area contributed by atoms with Gasteiger partial charge in [0.2, 0.25) is 0 Å². The van der Waals surface area contributed by atoms with Gasteiger partial charge < -0.3 is 9.84 Å². The molecule has 0 spiro atoms. The summed E-state index contributed by atoms with van der Waals surface area (Å²) in [5.74, 6) is 0.397. The Morgan fingerprint density at radius 1 is 1.86 bits per heavy atom. The highest BCUT2D eigenvalue weighted by Gasteiger charge is 1.79. The molecule has 0 amide bonds. The van der Waals surface area contributed by atoms with Gasteiger partial charge in [-0.05, 0) is 13.5 Å². The summed E-state index contributed by atoms with van der Waals surface area (Å²) in [5.41, 5.74) is 0. The molecule has 0 unspecified atom stereocenters. The summed E-state index contributed by atoms with van der Waals surface area (Å²) in [4.78, 5) is 0. The molecule has 0 aliphatic carbocycles. The van der Waals surface area contributed by atoms with Crippen molar-refractivity contribution in [2.45, 2.75) is 6.92 Å². The Morgan fingerprint density at radius 3 is 2.57 bits per heavy atom. The van der Waals surface area contributed by atoms with Gasteiger partial charge in [-0.1, -0.05) is 0 Å². The fourth-order valence-electron chi connectivity index (χ4n) is 0.207. The van der Waals surface area contributed by atoms with E-state index in [0.29, 0.717) is 12.4 Å². The highest BCUT2D eigenvalue weighted by atomic mass is 16.5. The van der Waals surface area contributed by atoms with E-state index in [0.717, 1.165) is 0 Å². The number of aliphatic hydroxyl groups excluding tert-OH is 1. The fourth-order valence-corrected chi connectivity index (χ4v) is 0.207. The molecule has 0 aliphatic rings. The van der Waals surface area contributed by atoms with Crippen LogP contribution in [-0.4, -0.2) is 18.3 Å². The van der Waals surface area contributed by atoms with Crippen molar-refractivity contribution in [3.63, 3.8) is 0 Å². The van der Waals surface area contributed by atoms with Gasteiger partial charge in [0, 0.05) is 0 Å². The molecule has 0 fully saturated rings. The second-order valence-corrected chi connectivity index (χ2v) is 1.18. The quantitative estimate of drug-likeness (QED) is 0.519. The van der Waals surface area contributed by atoms with Crippen LogP contribution in [0.3, 0.4) is 0 Å². The first-order chi connectivity index (χ1) is 3.27. The summed E-state index contributed by atoms with van der Waals surface area (Å²) in [6.45, 7) is 7.01. The van der Waals surface area contributed by atoms with Crippen LogP contribution < -0.4 is 0 Å². The monoisotopic (exact) mass is 101 g/mol. The number of ether oxygens (including phenoxy) is 1. The molecular weight excluding hydrogens is 92.1 g/mol. The number of rotatable bonds is 3. The van der Waals surface area contributed by atoms with Crippen LogP contribution in [0.1, 0.15) is 6.92 Å². The van der Waals surface area contributed by atoms with Gasteiger partial charge in [0.05, 0.1) is 12.4 Å². The smallest absolute Gasteiger partial charge is 0.111 e. The van der Waals surface area contributed by atoms with E-state index in [2.05, 4.69) is 4.74 Å². The van der Waals surface area contributed by atoms with Crippen molar-refractivity contribution in [1.29, 1.82) is 0 Å². The average molecular weight is 101 g/mol. The van der Waals surface area contributed by atoms with Gasteiger partial charge in [-0.25, -0.2) is 0 Å². The molecule has 0 aromatic heterocycles. The molecule has 2 heteroatoms. The Balaban J connectivity index is 2.82. The molecule has 0 atom stereocenters. The van der Waals surface area contributed by atoms with Gasteiger partial charge in [0.25, 0.3) is 0 Å². The molecule has 0 rings (SSSR count). The molecule has 0 bridgehead atoms. The minimum absolute atomic E-state index is 0.0224. The summed E-state index contributed by atoms with van der Waals surface area (Å²) in [7, 11) is 0. The molecule has 0 aromatic rings. The Morgan fingerprint density at radius 2 is 2.43 bits per heavy atom. The zero-order valence-electron chi connectivity index (χ0n) is 4.35. The molecule has 0 saturated carbocycles. The summed E-state index contributed by atoms with van der Waals surface area (Å²) in [5, 5.41) is 8.12. The lowest BCUT2D eigenvalue weighted by atomic mass is 10.6. The van der Waals surface area contributed by atoms with Crippen LogP contribution in [0.25, 0.3) is 0 Å². The van der Waals surface area contributed by atoms with Gasteiger partial charge in [-0.3, -0.25) is 0 Å². The minimum atomic E-state index is 0.0224. The van der Waals surface area contributed by atoms with E-state index in [-0.39, 0.29) is 6.61 Å². The molecule has 41 valence electrons. The first kappa shape index (κ1) is 6.50. The van der Waals surface area contributed by atoms with Crippen LogP contribution in [0.4, 0.5) is 0 Å². The maximum atomic E-state index is 8.12. The standard InChI is InChI=1S/C5H9O2/c1-5(2)7-4-3-6/h1,6H,3-4H2,2H3. The van der Waals surface area contributed by atoms with Crippen molar-refractivity contribution < 1.29 is 9.84 Å². The Hall–Kier alpha value is -0.500. The lowest BCUT2D eigenvalue weighted by Crippen LogP contribution is -1.95. The molecule has 2 nitrogen and oxygen atoms in total. The van der Waals surface area contributed by atoms with Crippen LogP contribution in [0.15, 0.2) is 5.76 Å². The molecule has 7 heavy (non-hydrogen) atoms. The summed E-state index contributed by atoms with van der Waals surface area (Å²) in [6, 6.07) is 0. The first-order valence-corrected chi connectivity index (χ1v) is 2.10. The highest BCUT2D eigenvalue weighted by Crippen LogP contribution is 1.85. The van der Waals surface area contributed by atoms with Crippen molar-refractivity contribution >= 4 is 0 Å². The van der Waals surface area contributed by atoms with Crippen molar-refractivity contribution in [3.8, 4) is 0 Å². The van der Waals surface area contributed by atoms with Gasteiger partial charge in [-0.15, -0.1) is 0 Å². The van der Waals surface area contributed by atoms with Crippen LogP contribution in [-0.2, 0) is 4.74 Å². The van der Waals surface area contributed by atoms with E-state index in [1.165, 1.54) is 0 Å². The van der Waals surface area contributed by atoms with Crippen LogP contribution in [0.5, 0.6) is 0 Å². The predicted octanol–water partition coefficient (Wildman–Crippen LogP) is 0.332. The van der Waals surface area contributed by atoms with E-state index < -0.39 is 0 Å². The summed E-state index contributed by atoms with van der Waals surface area (Å²) >= 11 is 0. The van der Waals surface area contributed by atoms with Crippen LogP contribution in [0.2, 0.25) is 0 Å². The summed E-state index contributed by atoms with van der Waals surface area (Å²) < 4.78 is 4.64. The van der Waals surface area contributed by atoms with E-state index in [1.54, 1.807) is 6.92 Å². The van der Waals surface area contributed by atoms with E-state index in [9.17, 15) is 0 Å². The highest BCUT2D eigenvalue weighted by molar-refractivity contribution is 4.68. The van der Waals surface area contributed by atoms with Crippen molar-refractivity contribution in [3.05, 3.63) is 12.3 Å². The fraction of sp³-hybridized carbons (Fsp3) is 0.600. The molecule has 1 radical (unpaired) electrons. The molecule has 0 heterocycles. The maximum Gasteiger partial charge on any atom is 0.111 e. The normalized spacial score (nSPS) is 8.29. The lowest BCUT2D eigenvalue weighted by molar-refractivity contribution is 0.146. The number of hydrogen-bond acceptors (Lipinski definition) is 2. The van der Waals surface area contributed by atoms with E-state index in [4.69, 9.17) is 11.7 Å². The number of allylic oxidation sites excluding steroid dienone is 1. The third kappa shape index (κ3) is 5.50. The lowest BCUT2D eigenvalue weighted by Gasteiger charge is -1.98. The minimum Gasteiger partial charge on any atom is -0.496 e. The largest absolute Gasteiger partial charge is 0.496 e. The Bertz CT molecular complexity index is 59.1. The van der Waals surface area contributed by atoms with Gasteiger partial charge in [-0.2, -0.15) is 0 Å². The SMILES string of the molecule is [CH]=C(C)OCCO. The average Bonchev–Trinajstić information content (AvgIpc) is 1.61. The number of aliphatic hydroxyl groups is 1. The van der Waals surface area contributed by atoms with Gasteiger partial charge in [0.15, 0.2) is 0 Å². The molecule has 1 N–H and O–H groups in total. The number of hydrogen-bond donors (Lipinski definition) is 1. The van der Waals surface area contributed by atoms with Crippen LogP contribution >= 0.6 is 0 Å². The zero-order valence-corrected chi connectivity index (χ0v) is 4.35. The van der Waals surface area contributed by atoms with Crippen LogP contribution in [0, 0.1) is 6.58 Å². The second kappa shape index (κ2) is 3.68. The van der Waals surface area contributed by atoms with Crippen molar-refractivity contribution in [1.82, 2.24) is 0 Å². The third-order valence-corrected chi connectivity index (χ3v) is 0.421. The Labute approximate surface area is 43.4 Å². The Kier molecular flexibility index (Phi) is 3.42. The third-order valence-electron chi connectivity index (χ3n) is 0.421. The van der Waals surface area contributed by atoms with Gasteiger partial charge >= 0.3 is 0 Å². The topological polar surface area (TPSA) is 29.5 Å². The zero-order chi connectivity index (χ0) is 5.70. The molecule has 0 aromatic carbocycles. The molecule has 0 saturated heterocycles. The molecular formula is C5H9O2. The first-order valence-electron chi connectivity index (χ1n) is 2.10. The van der Waals surface area contributed by atoms with Crippen molar-refractivity contribution in [2.24, 2.45) is 0 Å². The second-order valence-electron chi connectivity index (χ2n) is 1.18. The van der Waals surface area contributed by atoms with E-state index in [1.807, 2.05) is 0 Å². The molecule has 0 aliphatic heterocycles. The van der Waals surface area contributed by atoms with Gasteiger partial charge in [0.1, 0.15) is 6.61 Å². The predicted molar refractivity (Wildman–Crippen MR) is 26.5 cm³/mol.